The molecule has 2 bridgehead atoms. The van der Waals surface area contributed by atoms with E-state index < -0.39 is 0 Å². The number of piperidine rings is 1. The van der Waals surface area contributed by atoms with Crippen LogP contribution < -0.4 is 26.0 Å². The zero-order valence-corrected chi connectivity index (χ0v) is 23.4. The molecule has 0 radical (unpaired) electrons. The third-order valence-corrected chi connectivity index (χ3v) is 7.88. The number of aromatic nitrogens is 1. The number of ether oxygens (including phenoxy) is 1. The first-order valence-corrected chi connectivity index (χ1v) is 14.3. The lowest BCUT2D eigenvalue weighted by atomic mass is 9.80. The third-order valence-electron chi connectivity index (χ3n) is 7.88. The molecule has 2 amide bonds. The van der Waals surface area contributed by atoms with Crippen molar-refractivity contribution in [1.82, 2.24) is 20.5 Å². The van der Waals surface area contributed by atoms with Gasteiger partial charge in [0.2, 0.25) is 11.8 Å². The van der Waals surface area contributed by atoms with Gasteiger partial charge in [-0.15, -0.1) is 0 Å². The quantitative estimate of drug-likeness (QED) is 0.476. The Bertz CT molecular complexity index is 1080. The van der Waals surface area contributed by atoms with Gasteiger partial charge in [-0.05, 0) is 74.3 Å². The minimum Gasteiger partial charge on any atom is -0.493 e. The molecule has 1 fully saturated rings. The average molecular weight is 537 g/mol. The van der Waals surface area contributed by atoms with Crippen molar-refractivity contribution in [3.05, 3.63) is 53.9 Å². The number of rotatable bonds is 8. The van der Waals surface area contributed by atoms with Crippen LogP contribution in [-0.4, -0.2) is 67.6 Å². The van der Waals surface area contributed by atoms with E-state index in [4.69, 9.17) is 10.5 Å². The van der Waals surface area contributed by atoms with Gasteiger partial charge in [0.15, 0.2) is 0 Å². The zero-order chi connectivity index (χ0) is 27.6. The number of anilines is 1. The molecule has 212 valence electrons. The number of hydrogen-bond donors (Lipinski definition) is 3. The Labute approximate surface area is 232 Å². The Hall–Kier alpha value is -3.17. The second-order valence-electron chi connectivity index (χ2n) is 11.1. The maximum Gasteiger partial charge on any atom is 0.236 e. The number of nitrogens with two attached hydrogens (primary N) is 1. The summed E-state index contributed by atoms with van der Waals surface area (Å²) < 4.78 is 6.24. The van der Waals surface area contributed by atoms with Crippen LogP contribution in [0.2, 0.25) is 0 Å². The fourth-order valence-electron chi connectivity index (χ4n) is 5.47. The second-order valence-corrected chi connectivity index (χ2v) is 11.1. The molecule has 2 aliphatic heterocycles. The maximum atomic E-state index is 13.1. The fraction of sp³-hybridized carbons (Fsp3) is 0.567. The number of carbonyl (C=O) groups is 2. The molecule has 1 aromatic carbocycles. The van der Waals surface area contributed by atoms with E-state index >= 15 is 0 Å². The van der Waals surface area contributed by atoms with E-state index in [1.54, 1.807) is 12.4 Å². The molecular weight excluding hydrogens is 492 g/mol. The molecule has 4 N–H and O–H groups in total. The van der Waals surface area contributed by atoms with Crippen LogP contribution in [0.5, 0.6) is 5.75 Å². The van der Waals surface area contributed by atoms with Crippen LogP contribution in [0.3, 0.4) is 0 Å². The van der Waals surface area contributed by atoms with E-state index in [1.807, 2.05) is 30.0 Å². The number of fused-ring (bicyclic) bond motifs is 3. The predicted octanol–water partition coefficient (Wildman–Crippen LogP) is 2.69. The molecule has 2 aliphatic rings. The van der Waals surface area contributed by atoms with Crippen molar-refractivity contribution in [3.8, 4) is 5.75 Å². The lowest BCUT2D eigenvalue weighted by Crippen LogP contribution is -2.47. The molecule has 1 unspecified atom stereocenters. The van der Waals surface area contributed by atoms with Gasteiger partial charge in [0.05, 0.1) is 13.2 Å². The number of pyridine rings is 1. The lowest BCUT2D eigenvalue weighted by molar-refractivity contribution is -0.133. The standard InChI is InChI=1S/C30H44N6O3/c1-22(31)9-12-35(2)27-7-8-28-26(15-27)19-33-20-30(38)36-13-10-24(25(21-36)6-4-14-39-28)16-29(37)34-18-23-5-3-11-32-17-23/h3,5,7-8,11,15,17,22,24-25,33H,4,6,9-10,12-14,16,18-21,31H2,1-2H3,(H,34,37)/t22?,24-,25-/m0/s1. The van der Waals surface area contributed by atoms with Crippen LogP contribution in [-0.2, 0) is 22.7 Å². The zero-order valence-electron chi connectivity index (χ0n) is 23.4. The van der Waals surface area contributed by atoms with Crippen molar-refractivity contribution < 1.29 is 14.3 Å². The van der Waals surface area contributed by atoms with Crippen LogP contribution in [0.25, 0.3) is 0 Å². The van der Waals surface area contributed by atoms with Crippen LogP contribution >= 0.6 is 0 Å². The predicted molar refractivity (Wildman–Crippen MR) is 153 cm³/mol. The summed E-state index contributed by atoms with van der Waals surface area (Å²) in [5.74, 6) is 1.55. The Morgan fingerprint density at radius 2 is 2.18 bits per heavy atom. The van der Waals surface area contributed by atoms with Crippen molar-refractivity contribution in [2.45, 2.75) is 58.2 Å². The second kappa shape index (κ2) is 14.3. The normalized spacial score (nSPS) is 20.9. The molecule has 0 spiro atoms. The van der Waals surface area contributed by atoms with E-state index in [1.165, 1.54) is 0 Å². The topological polar surface area (TPSA) is 113 Å². The molecular formula is C30H44N6O3. The van der Waals surface area contributed by atoms with Gasteiger partial charge in [-0.2, -0.15) is 0 Å². The summed E-state index contributed by atoms with van der Waals surface area (Å²) in [5, 5.41) is 6.38. The monoisotopic (exact) mass is 536 g/mol. The highest BCUT2D eigenvalue weighted by Gasteiger charge is 2.32. The van der Waals surface area contributed by atoms with Gasteiger partial charge >= 0.3 is 0 Å². The van der Waals surface area contributed by atoms with Crippen molar-refractivity contribution in [3.63, 3.8) is 0 Å². The summed E-state index contributed by atoms with van der Waals surface area (Å²) in [5.41, 5.74) is 9.09. The van der Waals surface area contributed by atoms with E-state index in [0.717, 1.165) is 54.8 Å². The fourth-order valence-corrected chi connectivity index (χ4v) is 5.47. The van der Waals surface area contributed by atoms with Crippen LogP contribution in [0, 0.1) is 11.8 Å². The van der Waals surface area contributed by atoms with Gasteiger partial charge in [-0.25, -0.2) is 0 Å². The highest BCUT2D eigenvalue weighted by atomic mass is 16.5. The van der Waals surface area contributed by atoms with Gasteiger partial charge in [-0.1, -0.05) is 6.07 Å². The summed E-state index contributed by atoms with van der Waals surface area (Å²) in [7, 11) is 2.07. The first-order chi connectivity index (χ1) is 18.9. The van der Waals surface area contributed by atoms with Gasteiger partial charge < -0.3 is 30.9 Å². The molecule has 3 atom stereocenters. The summed E-state index contributed by atoms with van der Waals surface area (Å²) in [6.07, 6.45) is 7.54. The lowest BCUT2D eigenvalue weighted by Gasteiger charge is -2.38. The first-order valence-electron chi connectivity index (χ1n) is 14.3. The molecule has 9 nitrogen and oxygen atoms in total. The van der Waals surface area contributed by atoms with Gasteiger partial charge in [0.1, 0.15) is 5.75 Å². The highest BCUT2D eigenvalue weighted by molar-refractivity contribution is 5.79. The largest absolute Gasteiger partial charge is 0.493 e. The molecule has 0 aliphatic carbocycles. The number of benzene rings is 1. The number of nitrogens with zero attached hydrogens (tertiary/aromatic N) is 3. The summed E-state index contributed by atoms with van der Waals surface area (Å²) in [6.45, 7) is 6.23. The van der Waals surface area contributed by atoms with Crippen molar-refractivity contribution >= 4 is 17.5 Å². The molecule has 3 heterocycles. The van der Waals surface area contributed by atoms with Gasteiger partial charge in [0.25, 0.3) is 0 Å². The number of amides is 2. The van der Waals surface area contributed by atoms with Gasteiger partial charge in [0, 0.05) is 75.9 Å². The van der Waals surface area contributed by atoms with Crippen LogP contribution in [0.4, 0.5) is 5.69 Å². The maximum absolute atomic E-state index is 13.1. The molecule has 2 aromatic rings. The van der Waals surface area contributed by atoms with Gasteiger partial charge in [-0.3, -0.25) is 14.6 Å². The van der Waals surface area contributed by atoms with Crippen molar-refractivity contribution in [1.29, 1.82) is 0 Å². The Morgan fingerprint density at radius 3 is 2.97 bits per heavy atom. The minimum absolute atomic E-state index is 0.0556. The van der Waals surface area contributed by atoms with E-state index in [0.29, 0.717) is 39.2 Å². The number of hydrogen-bond acceptors (Lipinski definition) is 7. The first kappa shape index (κ1) is 28.8. The molecule has 0 saturated carbocycles. The summed E-state index contributed by atoms with van der Waals surface area (Å²) >= 11 is 0. The Kier molecular flexibility index (Phi) is 10.6. The molecule has 1 saturated heterocycles. The van der Waals surface area contributed by atoms with Crippen molar-refractivity contribution in [2.75, 3.05) is 44.7 Å². The highest BCUT2D eigenvalue weighted by Crippen LogP contribution is 2.31. The smallest absolute Gasteiger partial charge is 0.236 e. The summed E-state index contributed by atoms with van der Waals surface area (Å²) in [6, 6.07) is 10.3. The van der Waals surface area contributed by atoms with E-state index in [2.05, 4.69) is 39.7 Å². The number of nitrogens with one attached hydrogen (secondary N) is 2. The molecule has 9 heteroatoms. The molecule has 39 heavy (non-hydrogen) atoms. The van der Waals surface area contributed by atoms with Crippen molar-refractivity contribution in [2.24, 2.45) is 17.6 Å². The van der Waals surface area contributed by atoms with Crippen LogP contribution in [0.15, 0.2) is 42.7 Å². The SMILES string of the molecule is CC(N)CCN(C)c1ccc2c(c1)CNCC(=O)N1CC[C@@H](CC(=O)NCc3cccnc3)[C@@H](CCCO2)C1. The number of carbonyl (C=O) groups excluding carboxylic acids is 2. The Morgan fingerprint density at radius 1 is 1.31 bits per heavy atom. The van der Waals surface area contributed by atoms with Crippen LogP contribution in [0.1, 0.15) is 50.2 Å². The van der Waals surface area contributed by atoms with E-state index in [-0.39, 0.29) is 36.2 Å². The van der Waals surface area contributed by atoms with E-state index in [9.17, 15) is 9.59 Å². The molecule has 1 aromatic heterocycles. The Balaban J connectivity index is 1.37. The average Bonchev–Trinajstić information content (AvgIpc) is 2.95. The minimum atomic E-state index is 0.0556. The third kappa shape index (κ3) is 8.66. The molecule has 4 rings (SSSR count). The summed E-state index contributed by atoms with van der Waals surface area (Å²) in [4.78, 5) is 34.1.